The molecule has 2 N–H and O–H groups in total. The standard InChI is InChI=1S/C27H21F2NO4/c1-34-27(33)24(30-26(32)21-13-18-4-2-3-5-19(18)15-25(21)31)12-16-6-8-17(9-7-16)20-10-11-22(28)23(29)14-20/h2-11,13-15,24,31H,12H2,1H3,(H,30,32). The van der Waals surface area contributed by atoms with Crippen LogP contribution in [0.3, 0.4) is 0 Å². The van der Waals surface area contributed by atoms with Gasteiger partial charge in [0.1, 0.15) is 11.8 Å². The van der Waals surface area contributed by atoms with E-state index in [1.165, 1.54) is 19.2 Å². The number of nitrogens with one attached hydrogen (secondary N) is 1. The summed E-state index contributed by atoms with van der Waals surface area (Å²) in [7, 11) is 1.22. The third-order valence-electron chi connectivity index (χ3n) is 5.55. The fourth-order valence-electron chi connectivity index (χ4n) is 3.73. The first-order chi connectivity index (χ1) is 16.4. The molecule has 1 atom stereocenters. The van der Waals surface area contributed by atoms with Crippen molar-refractivity contribution in [2.75, 3.05) is 7.11 Å². The third kappa shape index (κ3) is 4.88. The summed E-state index contributed by atoms with van der Waals surface area (Å²) in [6.45, 7) is 0. The smallest absolute Gasteiger partial charge is 0.328 e. The van der Waals surface area contributed by atoms with Crippen molar-refractivity contribution in [2.45, 2.75) is 12.5 Å². The topological polar surface area (TPSA) is 75.6 Å². The highest BCUT2D eigenvalue weighted by Gasteiger charge is 2.24. The highest BCUT2D eigenvalue weighted by atomic mass is 19.2. The molecule has 172 valence electrons. The summed E-state index contributed by atoms with van der Waals surface area (Å²) in [6, 6.07) is 19.9. The molecule has 1 unspecified atom stereocenters. The molecule has 0 aliphatic carbocycles. The molecule has 4 aromatic carbocycles. The van der Waals surface area contributed by atoms with E-state index in [2.05, 4.69) is 5.32 Å². The van der Waals surface area contributed by atoms with Gasteiger partial charge in [-0.2, -0.15) is 0 Å². The first-order valence-electron chi connectivity index (χ1n) is 10.5. The molecule has 34 heavy (non-hydrogen) atoms. The van der Waals surface area contributed by atoms with E-state index in [1.807, 2.05) is 24.3 Å². The summed E-state index contributed by atoms with van der Waals surface area (Å²) in [4.78, 5) is 25.2. The highest BCUT2D eigenvalue weighted by molar-refractivity contribution is 6.02. The van der Waals surface area contributed by atoms with Crippen molar-refractivity contribution < 1.29 is 28.2 Å². The lowest BCUT2D eigenvalue weighted by Gasteiger charge is -2.17. The number of amides is 1. The Morgan fingerprint density at radius 2 is 1.53 bits per heavy atom. The van der Waals surface area contributed by atoms with Crippen LogP contribution in [-0.4, -0.2) is 30.1 Å². The van der Waals surface area contributed by atoms with Crippen molar-refractivity contribution >= 4 is 22.6 Å². The quantitative estimate of drug-likeness (QED) is 0.396. The maximum atomic E-state index is 13.5. The van der Waals surface area contributed by atoms with Gasteiger partial charge in [0.25, 0.3) is 5.91 Å². The molecule has 0 fully saturated rings. The summed E-state index contributed by atoms with van der Waals surface area (Å²) in [5.74, 6) is -3.31. The molecule has 0 saturated carbocycles. The van der Waals surface area contributed by atoms with E-state index in [9.17, 15) is 23.5 Å². The molecule has 0 aromatic heterocycles. The fourth-order valence-corrected chi connectivity index (χ4v) is 3.73. The maximum Gasteiger partial charge on any atom is 0.328 e. The van der Waals surface area contributed by atoms with Gasteiger partial charge in [-0.25, -0.2) is 13.6 Å². The number of rotatable bonds is 6. The van der Waals surface area contributed by atoms with Crippen LogP contribution in [0.4, 0.5) is 8.78 Å². The molecular formula is C27H21F2NO4. The predicted octanol–water partition coefficient (Wildman–Crippen LogP) is 5.00. The molecule has 0 heterocycles. The van der Waals surface area contributed by atoms with Gasteiger partial charge in [-0.1, -0.05) is 54.6 Å². The molecule has 0 aliphatic rings. The second kappa shape index (κ2) is 9.70. The first kappa shape index (κ1) is 22.9. The van der Waals surface area contributed by atoms with Crippen molar-refractivity contribution in [3.05, 3.63) is 102 Å². The van der Waals surface area contributed by atoms with E-state index in [4.69, 9.17) is 4.74 Å². The summed E-state index contributed by atoms with van der Waals surface area (Å²) in [5.41, 5.74) is 1.93. The number of halogens is 2. The SMILES string of the molecule is COC(=O)C(Cc1ccc(-c2ccc(F)c(F)c2)cc1)NC(=O)c1cc2ccccc2cc1O. The van der Waals surface area contributed by atoms with Crippen LogP contribution in [0.25, 0.3) is 21.9 Å². The monoisotopic (exact) mass is 461 g/mol. The zero-order valence-electron chi connectivity index (χ0n) is 18.2. The third-order valence-corrected chi connectivity index (χ3v) is 5.55. The molecule has 0 spiro atoms. The summed E-state index contributed by atoms with van der Waals surface area (Å²) in [6.07, 6.45) is 0.130. The zero-order valence-corrected chi connectivity index (χ0v) is 18.2. The number of phenolic OH excluding ortho intramolecular Hbond substituents is 1. The number of ether oxygens (including phenoxy) is 1. The second-order valence-electron chi connectivity index (χ2n) is 7.80. The van der Waals surface area contributed by atoms with Crippen molar-refractivity contribution in [2.24, 2.45) is 0 Å². The first-order valence-corrected chi connectivity index (χ1v) is 10.5. The van der Waals surface area contributed by atoms with Crippen LogP contribution in [0.5, 0.6) is 5.75 Å². The molecule has 0 bridgehead atoms. The molecule has 4 aromatic rings. The van der Waals surface area contributed by atoms with Gasteiger partial charge in [0.2, 0.25) is 0 Å². The Labute approximate surface area is 194 Å². The number of hydrogen-bond donors (Lipinski definition) is 2. The Morgan fingerprint density at radius 3 is 2.18 bits per heavy atom. The van der Waals surface area contributed by atoms with Crippen LogP contribution in [0, 0.1) is 11.6 Å². The number of benzene rings is 4. The summed E-state index contributed by atoms with van der Waals surface area (Å²) in [5, 5.41) is 14.5. The highest BCUT2D eigenvalue weighted by Crippen LogP contribution is 2.26. The average molecular weight is 461 g/mol. The average Bonchev–Trinajstić information content (AvgIpc) is 2.84. The lowest BCUT2D eigenvalue weighted by atomic mass is 10.00. The molecule has 0 radical (unpaired) electrons. The van der Waals surface area contributed by atoms with Gasteiger partial charge in [0, 0.05) is 6.42 Å². The number of carbonyl (C=O) groups excluding carboxylic acids is 2. The Bertz CT molecular complexity index is 1370. The van der Waals surface area contributed by atoms with Crippen LogP contribution in [0.2, 0.25) is 0 Å². The molecular weight excluding hydrogens is 440 g/mol. The maximum absolute atomic E-state index is 13.5. The van der Waals surface area contributed by atoms with Gasteiger partial charge in [-0.05, 0) is 51.7 Å². The lowest BCUT2D eigenvalue weighted by molar-refractivity contribution is -0.142. The minimum Gasteiger partial charge on any atom is -0.507 e. The molecule has 0 saturated heterocycles. The Hall–Kier alpha value is -4.26. The van der Waals surface area contributed by atoms with E-state index in [-0.39, 0.29) is 17.7 Å². The van der Waals surface area contributed by atoms with Gasteiger partial charge in [0.05, 0.1) is 12.7 Å². The van der Waals surface area contributed by atoms with Crippen molar-refractivity contribution in [3.8, 4) is 16.9 Å². The van der Waals surface area contributed by atoms with E-state index >= 15 is 0 Å². The number of hydrogen-bond acceptors (Lipinski definition) is 4. The molecule has 5 nitrogen and oxygen atoms in total. The number of aromatic hydroxyl groups is 1. The van der Waals surface area contributed by atoms with Crippen LogP contribution in [0.15, 0.2) is 78.9 Å². The lowest BCUT2D eigenvalue weighted by Crippen LogP contribution is -2.43. The number of methoxy groups -OCH3 is 1. The minimum absolute atomic E-state index is 0.0429. The largest absolute Gasteiger partial charge is 0.507 e. The van der Waals surface area contributed by atoms with Gasteiger partial charge >= 0.3 is 5.97 Å². The van der Waals surface area contributed by atoms with E-state index in [1.54, 1.807) is 30.3 Å². The van der Waals surface area contributed by atoms with Gasteiger partial charge in [0.15, 0.2) is 11.6 Å². The van der Waals surface area contributed by atoms with E-state index in [0.29, 0.717) is 16.7 Å². The molecule has 4 rings (SSSR count). The van der Waals surface area contributed by atoms with Crippen LogP contribution in [-0.2, 0) is 16.0 Å². The predicted molar refractivity (Wildman–Crippen MR) is 124 cm³/mol. The number of fused-ring (bicyclic) bond motifs is 1. The van der Waals surface area contributed by atoms with Crippen LogP contribution < -0.4 is 5.32 Å². The zero-order chi connectivity index (χ0) is 24.2. The van der Waals surface area contributed by atoms with Crippen molar-refractivity contribution in [1.29, 1.82) is 0 Å². The van der Waals surface area contributed by atoms with Gasteiger partial charge in [-0.15, -0.1) is 0 Å². The number of phenols is 1. The van der Waals surface area contributed by atoms with E-state index < -0.39 is 29.6 Å². The Balaban J connectivity index is 1.53. The fraction of sp³-hybridized carbons (Fsp3) is 0.111. The molecule has 1 amide bonds. The Kier molecular flexibility index (Phi) is 6.54. The molecule has 0 aliphatic heterocycles. The van der Waals surface area contributed by atoms with Crippen molar-refractivity contribution in [1.82, 2.24) is 5.32 Å². The summed E-state index contributed by atoms with van der Waals surface area (Å²) < 4.78 is 31.6. The van der Waals surface area contributed by atoms with Gasteiger partial charge in [-0.3, -0.25) is 4.79 Å². The van der Waals surface area contributed by atoms with Crippen LogP contribution >= 0.6 is 0 Å². The minimum atomic E-state index is -1.00. The van der Waals surface area contributed by atoms with Gasteiger partial charge < -0.3 is 15.2 Å². The molecule has 7 heteroatoms. The van der Waals surface area contributed by atoms with Crippen molar-refractivity contribution in [3.63, 3.8) is 0 Å². The number of carbonyl (C=O) groups is 2. The Morgan fingerprint density at radius 1 is 0.882 bits per heavy atom. The summed E-state index contributed by atoms with van der Waals surface area (Å²) >= 11 is 0. The number of esters is 1. The normalized spacial score (nSPS) is 11.7. The van der Waals surface area contributed by atoms with Crippen LogP contribution in [0.1, 0.15) is 15.9 Å². The van der Waals surface area contributed by atoms with E-state index in [0.717, 1.165) is 22.9 Å². The second-order valence-corrected chi connectivity index (χ2v) is 7.80.